The Morgan fingerprint density at radius 2 is 1.74 bits per heavy atom. The number of alkyl halides is 2. The first-order valence-electron chi connectivity index (χ1n) is 10.8. The van der Waals surface area contributed by atoms with E-state index in [1.165, 1.54) is 10.5 Å². The number of hydrogen-bond donors (Lipinski definition) is 0. The van der Waals surface area contributed by atoms with Crippen molar-refractivity contribution in [3.05, 3.63) is 59.7 Å². The molecule has 2 aromatic carbocycles. The zero-order valence-electron chi connectivity index (χ0n) is 19.5. The fourth-order valence-electron chi connectivity index (χ4n) is 3.25. The van der Waals surface area contributed by atoms with Gasteiger partial charge in [0.05, 0.1) is 12.2 Å². The first kappa shape index (κ1) is 26.3. The molecule has 0 aliphatic carbocycles. The van der Waals surface area contributed by atoms with Crippen LogP contribution in [0.1, 0.15) is 50.0 Å². The number of carbonyl (C=O) groups is 1. The lowest BCUT2D eigenvalue weighted by atomic mass is 10.0. The molecular weight excluding hydrogens is 396 g/mol. The molecule has 170 valence electrons. The normalized spacial score (nSPS) is 12.1. The summed E-state index contributed by atoms with van der Waals surface area (Å²) in [7, 11) is 3.58. The van der Waals surface area contributed by atoms with Gasteiger partial charge >= 0.3 is 0 Å². The lowest BCUT2D eigenvalue weighted by Gasteiger charge is -2.29. The van der Waals surface area contributed by atoms with Gasteiger partial charge in [-0.2, -0.15) is 0 Å². The molecular formula is C25H35F2N3O. The number of likely N-dealkylation sites (N-methyl/N-ethyl adjacent to an activating group) is 1. The summed E-state index contributed by atoms with van der Waals surface area (Å²) >= 11 is 0. The Labute approximate surface area is 185 Å². The molecule has 0 aliphatic heterocycles. The summed E-state index contributed by atoms with van der Waals surface area (Å²) in [6, 6.07) is 15.6. The second-order valence-electron chi connectivity index (χ2n) is 7.15. The number of benzene rings is 2. The number of amidine groups is 1. The van der Waals surface area contributed by atoms with Gasteiger partial charge in [0.25, 0.3) is 6.43 Å². The van der Waals surface area contributed by atoms with Crippen LogP contribution in [0.3, 0.4) is 0 Å². The maximum atomic E-state index is 12.6. The first-order valence-corrected chi connectivity index (χ1v) is 10.8. The van der Waals surface area contributed by atoms with Gasteiger partial charge in [0.1, 0.15) is 5.84 Å². The van der Waals surface area contributed by atoms with Crippen molar-refractivity contribution in [2.24, 2.45) is 4.99 Å². The quantitative estimate of drug-likeness (QED) is 0.268. The largest absolute Gasteiger partial charge is 0.369 e. The van der Waals surface area contributed by atoms with Crippen LogP contribution in [0, 0.1) is 0 Å². The van der Waals surface area contributed by atoms with Crippen LogP contribution in [0.2, 0.25) is 0 Å². The molecule has 0 radical (unpaired) electrons. The Kier molecular flexibility index (Phi) is 11.5. The van der Waals surface area contributed by atoms with Crippen molar-refractivity contribution in [2.45, 2.75) is 53.0 Å². The van der Waals surface area contributed by atoms with Crippen LogP contribution in [-0.4, -0.2) is 50.1 Å². The highest BCUT2D eigenvalue weighted by Gasteiger charge is 2.16. The summed E-state index contributed by atoms with van der Waals surface area (Å²) in [5.74, 6) is 0.796. The van der Waals surface area contributed by atoms with Crippen LogP contribution in [0.4, 0.5) is 20.2 Å². The molecule has 0 spiro atoms. The lowest BCUT2D eigenvalue weighted by Crippen LogP contribution is -2.36. The number of rotatable bonds is 9. The van der Waals surface area contributed by atoms with E-state index in [1.807, 2.05) is 46.0 Å². The summed E-state index contributed by atoms with van der Waals surface area (Å²) in [4.78, 5) is 19.8. The summed E-state index contributed by atoms with van der Waals surface area (Å²) in [5, 5.41) is 0. The smallest absolute Gasteiger partial charge is 0.255 e. The van der Waals surface area contributed by atoms with Crippen LogP contribution in [0.15, 0.2) is 53.5 Å². The Morgan fingerprint density at radius 3 is 2.29 bits per heavy atom. The summed E-state index contributed by atoms with van der Waals surface area (Å²) in [5.41, 5.74) is 2.74. The van der Waals surface area contributed by atoms with Gasteiger partial charge < -0.3 is 9.80 Å². The van der Waals surface area contributed by atoms with Crippen LogP contribution in [0.5, 0.6) is 0 Å². The van der Waals surface area contributed by atoms with Gasteiger partial charge in [0.2, 0.25) is 0 Å². The van der Waals surface area contributed by atoms with Crippen molar-refractivity contribution in [3.63, 3.8) is 0 Å². The highest BCUT2D eigenvalue weighted by atomic mass is 19.3. The Hall–Kier alpha value is -2.76. The molecule has 2 aromatic rings. The van der Waals surface area contributed by atoms with E-state index in [0.29, 0.717) is 23.2 Å². The van der Waals surface area contributed by atoms with Gasteiger partial charge in [-0.05, 0) is 43.5 Å². The molecule has 1 atom stereocenters. The summed E-state index contributed by atoms with van der Waals surface area (Å²) in [6.45, 7) is 7.67. The molecule has 0 aromatic heterocycles. The van der Waals surface area contributed by atoms with Gasteiger partial charge in [-0.15, -0.1) is 0 Å². The average molecular weight is 432 g/mol. The molecule has 0 N–H and O–H groups in total. The second kappa shape index (κ2) is 13.5. The van der Waals surface area contributed by atoms with Crippen LogP contribution in [0.25, 0.3) is 0 Å². The van der Waals surface area contributed by atoms with E-state index >= 15 is 0 Å². The van der Waals surface area contributed by atoms with Gasteiger partial charge in [-0.3, -0.25) is 4.79 Å². The zero-order chi connectivity index (χ0) is 23.4. The van der Waals surface area contributed by atoms with E-state index in [4.69, 9.17) is 0 Å². The number of aliphatic imine (C=N–C) groups is 1. The molecule has 6 heteroatoms. The van der Waals surface area contributed by atoms with Crippen molar-refractivity contribution in [1.29, 1.82) is 0 Å². The van der Waals surface area contributed by atoms with E-state index in [1.54, 1.807) is 25.2 Å². The molecule has 4 nitrogen and oxygen atoms in total. The van der Waals surface area contributed by atoms with Gasteiger partial charge in [-0.1, -0.05) is 51.1 Å². The topological polar surface area (TPSA) is 35.9 Å². The molecule has 0 bridgehead atoms. The molecule has 2 rings (SSSR count). The fourth-order valence-corrected chi connectivity index (χ4v) is 3.25. The molecule has 0 aliphatic rings. The Bertz CT molecular complexity index is 825. The minimum Gasteiger partial charge on any atom is -0.369 e. The van der Waals surface area contributed by atoms with Crippen molar-refractivity contribution in [2.75, 3.05) is 25.5 Å². The maximum absolute atomic E-state index is 12.6. The number of hydrogen-bond acceptors (Lipinski definition) is 3. The minimum atomic E-state index is -2.44. The Morgan fingerprint density at radius 1 is 1.10 bits per heavy atom. The Balaban J connectivity index is 0.00000233. The average Bonchev–Trinajstić information content (AvgIpc) is 2.78. The molecule has 0 heterocycles. The SMILES string of the molecule is CC.CCC(Cc1ccccc1)N(C)C(C)=Nc1ccc(N(C)CC(F)F)cc1C=O. The lowest BCUT2D eigenvalue weighted by molar-refractivity contribution is 0.112. The van der Waals surface area contributed by atoms with Gasteiger partial charge in [0, 0.05) is 31.4 Å². The van der Waals surface area contributed by atoms with E-state index in [0.717, 1.165) is 18.7 Å². The third kappa shape index (κ3) is 8.12. The van der Waals surface area contributed by atoms with Crippen molar-refractivity contribution >= 4 is 23.5 Å². The third-order valence-electron chi connectivity index (χ3n) is 5.12. The van der Waals surface area contributed by atoms with Crippen molar-refractivity contribution < 1.29 is 13.6 Å². The van der Waals surface area contributed by atoms with Crippen LogP contribution in [-0.2, 0) is 6.42 Å². The molecule has 0 amide bonds. The van der Waals surface area contributed by atoms with Gasteiger partial charge in [-0.25, -0.2) is 13.8 Å². The maximum Gasteiger partial charge on any atom is 0.255 e. The highest BCUT2D eigenvalue weighted by molar-refractivity contribution is 5.90. The molecule has 0 saturated heterocycles. The second-order valence-corrected chi connectivity index (χ2v) is 7.15. The monoisotopic (exact) mass is 431 g/mol. The predicted molar refractivity (Wildman–Crippen MR) is 127 cm³/mol. The third-order valence-corrected chi connectivity index (χ3v) is 5.12. The van der Waals surface area contributed by atoms with E-state index in [-0.39, 0.29) is 12.6 Å². The van der Waals surface area contributed by atoms with E-state index in [9.17, 15) is 13.6 Å². The number of halogens is 2. The minimum absolute atomic E-state index is 0.275. The standard InChI is InChI=1S/C23H29F2N3O.C2H6/c1-5-20(13-18-9-7-6-8-10-18)28(4)17(2)26-22-12-11-21(14-19(22)16-29)27(3)15-23(24)25;1-2/h6-12,14,16,20,23H,5,13,15H2,1-4H3;1-2H3. The molecule has 0 saturated carbocycles. The number of carbonyl (C=O) groups excluding carboxylic acids is 1. The number of nitrogens with zero attached hydrogens (tertiary/aromatic N) is 3. The summed E-state index contributed by atoms with van der Waals surface area (Å²) < 4.78 is 25.2. The fraction of sp³-hybridized carbons (Fsp3) is 0.440. The number of anilines is 1. The van der Waals surface area contributed by atoms with Crippen molar-refractivity contribution in [1.82, 2.24) is 4.90 Å². The summed E-state index contributed by atoms with van der Waals surface area (Å²) in [6.07, 6.45) is 0.130. The van der Waals surface area contributed by atoms with Crippen LogP contribution >= 0.6 is 0 Å². The molecule has 31 heavy (non-hydrogen) atoms. The number of aldehydes is 1. The first-order chi connectivity index (χ1) is 14.8. The molecule has 0 fully saturated rings. The van der Waals surface area contributed by atoms with E-state index < -0.39 is 6.43 Å². The van der Waals surface area contributed by atoms with Gasteiger partial charge in [0.15, 0.2) is 6.29 Å². The zero-order valence-corrected chi connectivity index (χ0v) is 19.5. The molecule has 1 unspecified atom stereocenters. The van der Waals surface area contributed by atoms with Crippen molar-refractivity contribution in [3.8, 4) is 0 Å². The van der Waals surface area contributed by atoms with Crippen LogP contribution < -0.4 is 4.90 Å². The predicted octanol–water partition coefficient (Wildman–Crippen LogP) is 6.23. The highest BCUT2D eigenvalue weighted by Crippen LogP contribution is 2.25. The van der Waals surface area contributed by atoms with E-state index in [2.05, 4.69) is 28.9 Å².